The number of imidazole rings is 1. The van der Waals surface area contributed by atoms with E-state index in [4.69, 9.17) is 4.74 Å². The first kappa shape index (κ1) is 17.3. The first-order valence-electron chi connectivity index (χ1n) is 8.99. The van der Waals surface area contributed by atoms with Crippen LogP contribution in [0.3, 0.4) is 0 Å². The molecule has 27 heavy (non-hydrogen) atoms. The van der Waals surface area contributed by atoms with Crippen molar-refractivity contribution < 1.29 is 9.53 Å². The highest BCUT2D eigenvalue weighted by atomic mass is 16.5. The number of nitrogens with zero attached hydrogens (tertiary/aromatic N) is 5. The van der Waals surface area contributed by atoms with Gasteiger partial charge in [-0.2, -0.15) is 0 Å². The predicted octanol–water partition coefficient (Wildman–Crippen LogP) is 2.10. The Kier molecular flexibility index (Phi) is 4.62. The minimum Gasteiger partial charge on any atom is -0.470 e. The Balaban J connectivity index is 1.48. The summed E-state index contributed by atoms with van der Waals surface area (Å²) in [4.78, 5) is 32.5. The quantitative estimate of drug-likeness (QED) is 0.761. The number of anilines is 1. The average molecular weight is 366 g/mol. The standard InChI is InChI=1S/C19H22N6O2/c1-24(2)17-18(21-8-7-20-17)27-14-4-3-9-25(11-14)19(26)13-5-6-15-16(10-13)23-12-22-15/h5-8,10,12,14H,3-4,9,11H2,1-2H3,(H,22,23)/t14-/m1/s1. The van der Waals surface area contributed by atoms with Crippen LogP contribution in [0, 0.1) is 0 Å². The molecule has 2 aromatic heterocycles. The molecule has 1 amide bonds. The lowest BCUT2D eigenvalue weighted by atomic mass is 10.1. The summed E-state index contributed by atoms with van der Waals surface area (Å²) >= 11 is 0. The van der Waals surface area contributed by atoms with Gasteiger partial charge in [0, 0.05) is 38.6 Å². The molecular weight excluding hydrogens is 344 g/mol. The van der Waals surface area contributed by atoms with Gasteiger partial charge in [0.2, 0.25) is 0 Å². The zero-order valence-corrected chi connectivity index (χ0v) is 15.4. The highest BCUT2D eigenvalue weighted by Gasteiger charge is 2.27. The van der Waals surface area contributed by atoms with Crippen molar-refractivity contribution in [2.45, 2.75) is 18.9 Å². The molecule has 140 valence electrons. The van der Waals surface area contributed by atoms with Crippen molar-refractivity contribution in [2.75, 3.05) is 32.1 Å². The molecule has 3 aromatic rings. The molecule has 8 heteroatoms. The van der Waals surface area contributed by atoms with Gasteiger partial charge in [0.1, 0.15) is 6.10 Å². The molecule has 0 unspecified atom stereocenters. The molecule has 1 aliphatic heterocycles. The van der Waals surface area contributed by atoms with Crippen molar-refractivity contribution in [3.05, 3.63) is 42.5 Å². The summed E-state index contributed by atoms with van der Waals surface area (Å²) in [5.74, 6) is 1.19. The third-order valence-electron chi connectivity index (χ3n) is 4.68. The zero-order valence-electron chi connectivity index (χ0n) is 15.4. The van der Waals surface area contributed by atoms with E-state index in [1.165, 1.54) is 0 Å². The van der Waals surface area contributed by atoms with E-state index in [2.05, 4.69) is 19.9 Å². The SMILES string of the molecule is CN(C)c1nccnc1O[C@@H]1CCCN(C(=O)c2ccc3nc[nH]c3c2)C1. The normalized spacial score (nSPS) is 17.1. The maximum atomic E-state index is 12.9. The van der Waals surface area contributed by atoms with Gasteiger partial charge in [-0.25, -0.2) is 15.0 Å². The second-order valence-corrected chi connectivity index (χ2v) is 6.85. The van der Waals surface area contributed by atoms with Gasteiger partial charge < -0.3 is 19.5 Å². The summed E-state index contributed by atoms with van der Waals surface area (Å²) in [6.45, 7) is 1.25. The number of H-pyrrole nitrogens is 1. The van der Waals surface area contributed by atoms with Crippen molar-refractivity contribution in [2.24, 2.45) is 0 Å². The monoisotopic (exact) mass is 366 g/mol. The summed E-state index contributed by atoms with van der Waals surface area (Å²) in [5, 5.41) is 0. The fourth-order valence-corrected chi connectivity index (χ4v) is 3.34. The molecule has 0 aliphatic carbocycles. The van der Waals surface area contributed by atoms with Gasteiger partial charge in [-0.3, -0.25) is 4.79 Å². The van der Waals surface area contributed by atoms with E-state index in [0.29, 0.717) is 23.8 Å². The Hall–Kier alpha value is -3.16. The molecular formula is C19H22N6O2. The maximum Gasteiger partial charge on any atom is 0.257 e. The molecule has 8 nitrogen and oxygen atoms in total. The van der Waals surface area contributed by atoms with Crippen LogP contribution in [-0.4, -0.2) is 64.0 Å². The van der Waals surface area contributed by atoms with Crippen molar-refractivity contribution in [1.82, 2.24) is 24.8 Å². The lowest BCUT2D eigenvalue weighted by molar-refractivity contribution is 0.0528. The fraction of sp³-hybridized carbons (Fsp3) is 0.368. The molecule has 0 radical (unpaired) electrons. The predicted molar refractivity (Wildman–Crippen MR) is 102 cm³/mol. The number of hydrogen-bond acceptors (Lipinski definition) is 6. The summed E-state index contributed by atoms with van der Waals surface area (Å²) < 4.78 is 6.10. The first-order valence-corrected chi connectivity index (χ1v) is 8.99. The third kappa shape index (κ3) is 3.55. The number of piperidine rings is 1. The Morgan fingerprint density at radius 1 is 1.26 bits per heavy atom. The number of amides is 1. The van der Waals surface area contributed by atoms with Crippen LogP contribution >= 0.6 is 0 Å². The van der Waals surface area contributed by atoms with Gasteiger partial charge in [0.15, 0.2) is 5.82 Å². The van der Waals surface area contributed by atoms with Crippen LogP contribution in [0.25, 0.3) is 11.0 Å². The van der Waals surface area contributed by atoms with Gasteiger partial charge in [-0.15, -0.1) is 0 Å². The molecule has 1 atom stereocenters. The Morgan fingerprint density at radius 2 is 2.11 bits per heavy atom. The van der Waals surface area contributed by atoms with E-state index >= 15 is 0 Å². The van der Waals surface area contributed by atoms with Gasteiger partial charge in [-0.1, -0.05) is 0 Å². The number of rotatable bonds is 4. The van der Waals surface area contributed by atoms with Gasteiger partial charge >= 0.3 is 0 Å². The summed E-state index contributed by atoms with van der Waals surface area (Å²) in [7, 11) is 3.80. The van der Waals surface area contributed by atoms with E-state index in [-0.39, 0.29) is 12.0 Å². The van der Waals surface area contributed by atoms with Crippen molar-refractivity contribution >= 4 is 22.8 Å². The third-order valence-corrected chi connectivity index (χ3v) is 4.68. The number of fused-ring (bicyclic) bond motifs is 1. The Labute approximate surface area is 157 Å². The highest BCUT2D eigenvalue weighted by molar-refractivity contribution is 5.97. The topological polar surface area (TPSA) is 87.2 Å². The molecule has 1 saturated heterocycles. The molecule has 1 fully saturated rings. The molecule has 3 heterocycles. The lowest BCUT2D eigenvalue weighted by Crippen LogP contribution is -2.44. The number of likely N-dealkylation sites (tertiary alicyclic amines) is 1. The number of ether oxygens (including phenoxy) is 1. The minimum atomic E-state index is -0.103. The highest BCUT2D eigenvalue weighted by Crippen LogP contribution is 2.25. The molecule has 0 saturated carbocycles. The molecule has 1 N–H and O–H groups in total. The summed E-state index contributed by atoms with van der Waals surface area (Å²) in [5.41, 5.74) is 2.37. The molecule has 0 spiro atoms. The number of aromatic nitrogens is 4. The largest absolute Gasteiger partial charge is 0.470 e. The second kappa shape index (κ2) is 7.22. The number of aromatic amines is 1. The smallest absolute Gasteiger partial charge is 0.257 e. The molecule has 4 rings (SSSR count). The maximum absolute atomic E-state index is 12.9. The average Bonchev–Trinajstić information content (AvgIpc) is 3.15. The number of carbonyl (C=O) groups excluding carboxylic acids is 1. The Bertz CT molecular complexity index is 954. The van der Waals surface area contributed by atoms with E-state index < -0.39 is 0 Å². The van der Waals surface area contributed by atoms with Crippen LogP contribution in [0.5, 0.6) is 5.88 Å². The number of hydrogen-bond donors (Lipinski definition) is 1. The van der Waals surface area contributed by atoms with E-state index in [0.717, 1.165) is 30.4 Å². The summed E-state index contributed by atoms with van der Waals surface area (Å²) in [6, 6.07) is 5.53. The van der Waals surface area contributed by atoms with Crippen LogP contribution in [0.1, 0.15) is 23.2 Å². The molecule has 0 bridgehead atoms. The zero-order chi connectivity index (χ0) is 18.8. The van der Waals surface area contributed by atoms with Gasteiger partial charge in [0.05, 0.1) is 23.9 Å². The van der Waals surface area contributed by atoms with Gasteiger partial charge in [-0.05, 0) is 31.0 Å². The molecule has 1 aliphatic rings. The van der Waals surface area contributed by atoms with Crippen LogP contribution in [-0.2, 0) is 0 Å². The van der Waals surface area contributed by atoms with Crippen molar-refractivity contribution in [3.63, 3.8) is 0 Å². The minimum absolute atomic E-state index is 0.00628. The van der Waals surface area contributed by atoms with Crippen molar-refractivity contribution in [3.8, 4) is 5.88 Å². The second-order valence-electron chi connectivity index (χ2n) is 6.85. The van der Waals surface area contributed by atoms with Gasteiger partial charge in [0.25, 0.3) is 11.8 Å². The van der Waals surface area contributed by atoms with Crippen molar-refractivity contribution in [1.29, 1.82) is 0 Å². The molecule has 1 aromatic carbocycles. The van der Waals surface area contributed by atoms with Crippen LogP contribution < -0.4 is 9.64 Å². The fourth-order valence-electron chi connectivity index (χ4n) is 3.34. The van der Waals surface area contributed by atoms with Crippen LogP contribution in [0.2, 0.25) is 0 Å². The van der Waals surface area contributed by atoms with E-state index in [1.807, 2.05) is 42.1 Å². The van der Waals surface area contributed by atoms with E-state index in [1.54, 1.807) is 18.7 Å². The van der Waals surface area contributed by atoms with E-state index in [9.17, 15) is 4.79 Å². The van der Waals surface area contributed by atoms with Crippen LogP contribution in [0.4, 0.5) is 5.82 Å². The first-order chi connectivity index (χ1) is 13.1. The number of carbonyl (C=O) groups is 1. The summed E-state index contributed by atoms with van der Waals surface area (Å²) in [6.07, 6.45) is 6.56. The lowest BCUT2D eigenvalue weighted by Gasteiger charge is -2.33. The Morgan fingerprint density at radius 3 is 2.96 bits per heavy atom. The number of benzene rings is 1. The van der Waals surface area contributed by atoms with Crippen LogP contribution in [0.15, 0.2) is 36.9 Å². The number of nitrogens with one attached hydrogen (secondary N) is 1.